The number of halogens is 1. The molecule has 3 heterocycles. The molecule has 0 fully saturated rings. The molecule has 0 atom stereocenters. The van der Waals surface area contributed by atoms with Crippen molar-refractivity contribution in [2.24, 2.45) is 0 Å². The van der Waals surface area contributed by atoms with Crippen LogP contribution in [-0.2, 0) is 0 Å². The topological polar surface area (TPSA) is 110 Å². The second kappa shape index (κ2) is 8.11. The van der Waals surface area contributed by atoms with E-state index in [2.05, 4.69) is 20.3 Å². The highest BCUT2D eigenvalue weighted by Gasteiger charge is 2.16. The molecule has 0 aliphatic rings. The van der Waals surface area contributed by atoms with Crippen molar-refractivity contribution in [3.63, 3.8) is 0 Å². The number of anilines is 1. The molecule has 0 spiro atoms. The fraction of sp³-hybridized carbons (Fsp3) is 0.0435. The van der Waals surface area contributed by atoms with Crippen LogP contribution in [0.3, 0.4) is 0 Å². The number of aromatic nitrogens is 3. The molecule has 33 heavy (non-hydrogen) atoms. The molecular formula is C23H16BClN4O4. The molecule has 5 rings (SSSR count). The molecule has 2 aromatic carbocycles. The van der Waals surface area contributed by atoms with Crippen LogP contribution in [0.15, 0.2) is 63.9 Å². The quantitative estimate of drug-likeness (QED) is 0.401. The average Bonchev–Trinajstić information content (AvgIpc) is 3.17. The fourth-order valence-electron chi connectivity index (χ4n) is 3.52. The summed E-state index contributed by atoms with van der Waals surface area (Å²) >= 11 is 6.49. The first kappa shape index (κ1) is 20.8. The lowest BCUT2D eigenvalue weighted by Crippen LogP contribution is -2.12. The number of benzene rings is 2. The SMILES string of the molecule is Bc1ccc2oc3c(=O)[nH]c(-c4ccc(NC(=O)c5ccc(OC)nc5)cc4Cl)nc3c2c1. The van der Waals surface area contributed by atoms with Crippen molar-refractivity contribution in [1.82, 2.24) is 15.0 Å². The van der Waals surface area contributed by atoms with Crippen molar-refractivity contribution in [2.45, 2.75) is 0 Å². The number of nitrogens with zero attached hydrogens (tertiary/aromatic N) is 2. The molecule has 5 aromatic rings. The Hall–Kier alpha value is -4.11. The Kier molecular flexibility index (Phi) is 5.10. The van der Waals surface area contributed by atoms with E-state index in [4.69, 9.17) is 20.8 Å². The summed E-state index contributed by atoms with van der Waals surface area (Å²) < 4.78 is 10.7. The number of ether oxygens (including phenoxy) is 1. The Morgan fingerprint density at radius 1 is 1.18 bits per heavy atom. The van der Waals surface area contributed by atoms with Crippen LogP contribution in [0.5, 0.6) is 5.88 Å². The predicted molar refractivity (Wildman–Crippen MR) is 130 cm³/mol. The molecule has 0 unspecified atom stereocenters. The first-order valence-corrected chi connectivity index (χ1v) is 10.4. The number of fused-ring (bicyclic) bond motifs is 3. The van der Waals surface area contributed by atoms with Crippen LogP contribution in [0.2, 0.25) is 5.02 Å². The molecule has 0 saturated carbocycles. The Bertz CT molecular complexity index is 1590. The maximum atomic E-state index is 12.6. The number of methoxy groups -OCH3 is 1. The largest absolute Gasteiger partial charge is 0.481 e. The second-order valence-electron chi connectivity index (χ2n) is 7.43. The third-order valence-electron chi connectivity index (χ3n) is 5.17. The van der Waals surface area contributed by atoms with Crippen LogP contribution >= 0.6 is 11.6 Å². The Morgan fingerprint density at radius 2 is 2.03 bits per heavy atom. The van der Waals surface area contributed by atoms with Gasteiger partial charge in [0, 0.05) is 28.9 Å². The zero-order valence-corrected chi connectivity index (χ0v) is 18.4. The van der Waals surface area contributed by atoms with Gasteiger partial charge < -0.3 is 19.5 Å². The number of hydrogen-bond donors (Lipinski definition) is 2. The molecule has 162 valence electrons. The number of hydrogen-bond acceptors (Lipinski definition) is 6. The highest BCUT2D eigenvalue weighted by molar-refractivity contribution is 6.34. The third-order valence-corrected chi connectivity index (χ3v) is 5.48. The van der Waals surface area contributed by atoms with Crippen molar-refractivity contribution in [3.05, 3.63) is 75.7 Å². The van der Waals surface area contributed by atoms with Crippen LogP contribution in [-0.4, -0.2) is 35.8 Å². The molecule has 0 bridgehead atoms. The van der Waals surface area contributed by atoms with Crippen LogP contribution in [0, 0.1) is 0 Å². The Morgan fingerprint density at radius 3 is 2.76 bits per heavy atom. The number of furan rings is 1. The van der Waals surface area contributed by atoms with Gasteiger partial charge in [-0.05, 0) is 30.3 Å². The van der Waals surface area contributed by atoms with Gasteiger partial charge in [0.15, 0.2) is 0 Å². The Labute approximate surface area is 193 Å². The van der Waals surface area contributed by atoms with Crippen molar-refractivity contribution < 1.29 is 13.9 Å². The number of carbonyl (C=O) groups is 1. The Balaban J connectivity index is 1.48. The molecule has 2 N–H and O–H groups in total. The highest BCUT2D eigenvalue weighted by atomic mass is 35.5. The van der Waals surface area contributed by atoms with E-state index in [1.165, 1.54) is 13.3 Å². The molecule has 10 heteroatoms. The number of amides is 1. The van der Waals surface area contributed by atoms with E-state index in [0.29, 0.717) is 44.6 Å². The van der Waals surface area contributed by atoms with Gasteiger partial charge in [-0.2, -0.15) is 0 Å². The van der Waals surface area contributed by atoms with Gasteiger partial charge in [-0.15, -0.1) is 0 Å². The zero-order chi connectivity index (χ0) is 23.1. The summed E-state index contributed by atoms with van der Waals surface area (Å²) in [5.74, 6) is 0.374. The van der Waals surface area contributed by atoms with Gasteiger partial charge in [0.25, 0.3) is 11.5 Å². The summed E-state index contributed by atoms with van der Waals surface area (Å²) in [7, 11) is 3.46. The summed E-state index contributed by atoms with van der Waals surface area (Å²) in [4.78, 5) is 36.5. The highest BCUT2D eigenvalue weighted by Crippen LogP contribution is 2.30. The van der Waals surface area contributed by atoms with Gasteiger partial charge in [-0.1, -0.05) is 29.2 Å². The van der Waals surface area contributed by atoms with Crippen LogP contribution in [0.25, 0.3) is 33.5 Å². The van der Waals surface area contributed by atoms with Gasteiger partial charge in [-0.3, -0.25) is 9.59 Å². The van der Waals surface area contributed by atoms with Crippen molar-refractivity contribution in [1.29, 1.82) is 0 Å². The van der Waals surface area contributed by atoms with Crippen molar-refractivity contribution >= 4 is 58.6 Å². The van der Waals surface area contributed by atoms with Gasteiger partial charge in [0.1, 0.15) is 24.8 Å². The molecular weight excluding hydrogens is 443 g/mol. The molecule has 0 aliphatic heterocycles. The lowest BCUT2D eigenvalue weighted by atomic mass is 9.95. The second-order valence-corrected chi connectivity index (χ2v) is 7.84. The minimum atomic E-state index is -0.399. The third kappa shape index (κ3) is 3.83. The molecule has 8 nitrogen and oxygen atoms in total. The summed E-state index contributed by atoms with van der Waals surface area (Å²) in [6, 6.07) is 13.8. The number of rotatable bonds is 4. The monoisotopic (exact) mass is 458 g/mol. The van der Waals surface area contributed by atoms with Gasteiger partial charge >= 0.3 is 0 Å². The van der Waals surface area contributed by atoms with Crippen molar-refractivity contribution in [3.8, 4) is 17.3 Å². The molecule has 3 aromatic heterocycles. The van der Waals surface area contributed by atoms with Crippen LogP contribution in [0.4, 0.5) is 5.69 Å². The minimum Gasteiger partial charge on any atom is -0.481 e. The molecule has 0 radical (unpaired) electrons. The lowest BCUT2D eigenvalue weighted by molar-refractivity contribution is 0.102. The number of aromatic amines is 1. The van der Waals surface area contributed by atoms with E-state index < -0.39 is 5.56 Å². The first-order valence-electron chi connectivity index (χ1n) is 9.97. The summed E-state index contributed by atoms with van der Waals surface area (Å²) in [6.07, 6.45) is 1.42. The van der Waals surface area contributed by atoms with E-state index in [9.17, 15) is 9.59 Å². The van der Waals surface area contributed by atoms with Gasteiger partial charge in [0.2, 0.25) is 11.5 Å². The maximum Gasteiger partial charge on any atom is 0.294 e. The maximum absolute atomic E-state index is 12.6. The lowest BCUT2D eigenvalue weighted by Gasteiger charge is -2.09. The molecule has 0 saturated heterocycles. The van der Waals surface area contributed by atoms with E-state index in [1.807, 2.05) is 26.0 Å². The zero-order valence-electron chi connectivity index (χ0n) is 17.6. The first-order chi connectivity index (χ1) is 15.9. The normalized spacial score (nSPS) is 11.1. The smallest absolute Gasteiger partial charge is 0.294 e. The number of pyridine rings is 1. The summed E-state index contributed by atoms with van der Waals surface area (Å²) in [5.41, 5.74) is 3.21. The van der Waals surface area contributed by atoms with E-state index in [0.717, 1.165) is 10.8 Å². The van der Waals surface area contributed by atoms with Crippen molar-refractivity contribution in [2.75, 3.05) is 12.4 Å². The number of nitrogens with one attached hydrogen (secondary N) is 2. The van der Waals surface area contributed by atoms with E-state index in [1.54, 1.807) is 30.3 Å². The predicted octanol–water partition coefficient (Wildman–Crippen LogP) is 2.90. The standard InChI is InChI=1S/C23H16BClN4O4/c1-32-18-7-2-11(10-26-18)22(30)27-13-4-5-14(16(25)9-13)21-28-19-15-8-12(24)3-6-17(15)33-20(19)23(31)29-21/h2-10H,24H2,1H3,(H,27,30)(H,28,29,31). The van der Waals surface area contributed by atoms with E-state index >= 15 is 0 Å². The van der Waals surface area contributed by atoms with Crippen LogP contribution in [0.1, 0.15) is 10.4 Å². The molecule has 1 amide bonds. The van der Waals surface area contributed by atoms with Gasteiger partial charge in [-0.25, -0.2) is 9.97 Å². The minimum absolute atomic E-state index is 0.160. The average molecular weight is 459 g/mol. The van der Waals surface area contributed by atoms with Crippen LogP contribution < -0.4 is 21.1 Å². The molecule has 0 aliphatic carbocycles. The summed E-state index contributed by atoms with van der Waals surface area (Å²) in [5, 5.41) is 3.84. The fourth-order valence-corrected chi connectivity index (χ4v) is 3.79. The number of H-pyrrole nitrogens is 1. The van der Waals surface area contributed by atoms with Gasteiger partial charge in [0.05, 0.1) is 17.7 Å². The van der Waals surface area contributed by atoms with E-state index in [-0.39, 0.29) is 11.5 Å². The summed E-state index contributed by atoms with van der Waals surface area (Å²) in [6.45, 7) is 0. The number of carbonyl (C=O) groups excluding carboxylic acids is 1.